The van der Waals surface area contributed by atoms with Crippen molar-refractivity contribution in [2.24, 2.45) is 51.2 Å². The minimum absolute atomic E-state index is 0.00537. The topological polar surface area (TPSA) is 114 Å². The Labute approximate surface area is 325 Å². The number of rotatable bonds is 8. The molecule has 1 amide bonds. The summed E-state index contributed by atoms with van der Waals surface area (Å²) in [4.78, 5) is 27.1. The van der Waals surface area contributed by atoms with Crippen molar-refractivity contribution in [3.05, 3.63) is 41.5 Å². The Morgan fingerprint density at radius 3 is 2.24 bits per heavy atom. The second kappa shape index (κ2) is 14.2. The minimum Gasteiger partial charge on any atom is -0.465 e. The number of nitrogens with one attached hydrogen (secondary N) is 2. The molecule has 0 radical (unpaired) electrons. The summed E-state index contributed by atoms with van der Waals surface area (Å²) in [6, 6.07) is 8.04. The zero-order valence-electron chi connectivity index (χ0n) is 34.3. The number of fused-ring (bicyclic) bond motifs is 7. The number of hydrogen-bond acceptors (Lipinski definition) is 8. The maximum absolute atomic E-state index is 12.6. The van der Waals surface area contributed by atoms with Crippen molar-refractivity contribution in [1.82, 2.24) is 15.5 Å². The van der Waals surface area contributed by atoms with Gasteiger partial charge < -0.3 is 25.0 Å². The third-order valence-corrected chi connectivity index (χ3v) is 18.8. The third kappa shape index (κ3) is 6.36. The lowest BCUT2D eigenvalue weighted by Gasteiger charge is -2.72. The number of carbonyl (C=O) groups excluding carboxylic acids is 2. The van der Waals surface area contributed by atoms with Crippen LogP contribution in [0.15, 0.2) is 30.3 Å². The van der Waals surface area contributed by atoms with E-state index in [1.807, 2.05) is 12.1 Å². The molecule has 54 heavy (non-hydrogen) atoms. The van der Waals surface area contributed by atoms with Gasteiger partial charge in [0.25, 0.3) is 0 Å². The van der Waals surface area contributed by atoms with E-state index in [9.17, 15) is 18.0 Å². The van der Waals surface area contributed by atoms with Gasteiger partial charge in [0.05, 0.1) is 31.3 Å². The van der Waals surface area contributed by atoms with E-state index in [0.29, 0.717) is 48.2 Å². The number of amides is 1. The monoisotopic (exact) mass is 765 g/mol. The maximum atomic E-state index is 12.6. The molecule has 4 saturated carbocycles. The van der Waals surface area contributed by atoms with Crippen LogP contribution in [0, 0.1) is 51.2 Å². The van der Waals surface area contributed by atoms with Crippen molar-refractivity contribution in [2.45, 2.75) is 111 Å². The number of alkyl carbamates (subject to hydrolysis) is 1. The SMILES string of the molecule is COC(=O)NC(C)[C@@H]1CC[C@]2(NCCN3CCS(=O)(=O)CC3)CC[C@]3(C)[C@H](CC[C@@H]4[C@@]5(C)CC=C(c6ccc(C(=O)OC)cc6)C(C)(C)[C@@H]5CC[C@]43C)[C@@H]12. The van der Waals surface area contributed by atoms with Crippen LogP contribution >= 0.6 is 0 Å². The molecule has 5 fully saturated rings. The maximum Gasteiger partial charge on any atom is 0.407 e. The molecule has 0 bridgehead atoms. The van der Waals surface area contributed by atoms with Crippen LogP contribution < -0.4 is 10.6 Å². The van der Waals surface area contributed by atoms with E-state index in [0.717, 1.165) is 38.8 Å². The lowest BCUT2D eigenvalue weighted by atomic mass is 9.33. The molecular formula is C44H67N3O6S. The Bertz CT molecular complexity index is 1730. The largest absolute Gasteiger partial charge is 0.465 e. The van der Waals surface area contributed by atoms with Gasteiger partial charge in [0.15, 0.2) is 9.84 Å². The smallest absolute Gasteiger partial charge is 0.407 e. The van der Waals surface area contributed by atoms with Crippen molar-refractivity contribution in [3.8, 4) is 0 Å². The second-order valence-electron chi connectivity index (χ2n) is 19.5. The molecular weight excluding hydrogens is 699 g/mol. The van der Waals surface area contributed by atoms with Gasteiger partial charge in [-0.15, -0.1) is 0 Å². The minimum atomic E-state index is -2.90. The molecule has 1 aromatic carbocycles. The molecule has 2 N–H and O–H groups in total. The first-order chi connectivity index (χ1) is 25.4. The summed E-state index contributed by atoms with van der Waals surface area (Å²) in [5.41, 5.74) is 3.77. The third-order valence-electron chi connectivity index (χ3n) is 17.2. The number of allylic oxidation sites excluding steroid dienone is 2. The first kappa shape index (κ1) is 39.8. The number of nitrogens with zero attached hydrogens (tertiary/aromatic N) is 1. The van der Waals surface area contributed by atoms with Crippen LogP contribution in [0.25, 0.3) is 5.57 Å². The molecule has 9 nitrogen and oxygen atoms in total. The van der Waals surface area contributed by atoms with Gasteiger partial charge in [-0.05, 0) is 139 Å². The Morgan fingerprint density at radius 2 is 1.57 bits per heavy atom. The highest BCUT2D eigenvalue weighted by Crippen LogP contribution is 2.76. The second-order valence-corrected chi connectivity index (χ2v) is 21.8. The Kier molecular flexibility index (Phi) is 10.5. The number of ether oxygens (including phenoxy) is 2. The summed E-state index contributed by atoms with van der Waals surface area (Å²) in [7, 11) is -0.0188. The van der Waals surface area contributed by atoms with E-state index in [-0.39, 0.29) is 56.8 Å². The average molecular weight is 766 g/mol. The van der Waals surface area contributed by atoms with Gasteiger partial charge in [0.1, 0.15) is 0 Å². The number of esters is 1. The summed E-state index contributed by atoms with van der Waals surface area (Å²) in [5.74, 6) is 2.74. The van der Waals surface area contributed by atoms with Gasteiger partial charge >= 0.3 is 12.1 Å². The molecule has 10 atom stereocenters. The summed E-state index contributed by atoms with van der Waals surface area (Å²) >= 11 is 0. The average Bonchev–Trinajstić information content (AvgIpc) is 3.52. The number of hydrogen-bond donors (Lipinski definition) is 2. The first-order valence-electron chi connectivity index (χ1n) is 20.9. The predicted octanol–water partition coefficient (Wildman–Crippen LogP) is 7.36. The fourth-order valence-corrected chi connectivity index (χ4v) is 15.6. The number of sulfone groups is 1. The molecule has 10 heteroatoms. The highest BCUT2D eigenvalue weighted by Gasteiger charge is 2.70. The van der Waals surface area contributed by atoms with E-state index in [1.165, 1.54) is 57.5 Å². The van der Waals surface area contributed by atoms with Gasteiger partial charge in [-0.3, -0.25) is 0 Å². The number of methoxy groups -OCH3 is 2. The van der Waals surface area contributed by atoms with Crippen molar-refractivity contribution in [1.29, 1.82) is 0 Å². The molecule has 0 aromatic heterocycles. The first-order valence-corrected chi connectivity index (χ1v) is 22.7. The molecule has 1 aliphatic heterocycles. The normalized spacial score (nSPS) is 40.1. The molecule has 1 saturated heterocycles. The molecule has 5 aliphatic carbocycles. The van der Waals surface area contributed by atoms with Crippen molar-refractivity contribution in [3.63, 3.8) is 0 Å². The van der Waals surface area contributed by atoms with Crippen LogP contribution in [0.1, 0.15) is 115 Å². The molecule has 1 unspecified atom stereocenters. The van der Waals surface area contributed by atoms with Crippen molar-refractivity contribution < 1.29 is 27.5 Å². The molecule has 300 valence electrons. The summed E-state index contributed by atoms with van der Waals surface area (Å²) in [6.45, 7) is 18.1. The summed E-state index contributed by atoms with van der Waals surface area (Å²) < 4.78 is 34.3. The zero-order valence-corrected chi connectivity index (χ0v) is 35.1. The molecule has 1 heterocycles. The standard InChI is InChI=1S/C44H67N3O6S/c1-29(46-39(49)53-8)32-15-20-44(45-23-24-47-25-27-54(50,51)28-26-47)22-21-42(5)34(37(32)44)13-14-36-41(4)18-16-33(30-9-11-31(12-10-30)38(48)52-7)40(2,3)35(41)17-19-43(36,42)6/h9-12,16,29,32,34-37,45H,13-15,17-28H2,1-8H3,(H,46,49)/t29?,32-,34+,35-,36+,37+,41-,42+,43+,44-/m0/s1. The lowest BCUT2D eigenvalue weighted by molar-refractivity contribution is -0.221. The van der Waals surface area contributed by atoms with Gasteiger partial charge in [-0.1, -0.05) is 52.8 Å². The highest BCUT2D eigenvalue weighted by molar-refractivity contribution is 7.91. The van der Waals surface area contributed by atoms with Crippen LogP contribution in [0.5, 0.6) is 0 Å². The van der Waals surface area contributed by atoms with Gasteiger partial charge in [0, 0.05) is 37.8 Å². The number of carbonyl (C=O) groups is 2. The Balaban J connectivity index is 1.16. The zero-order chi connectivity index (χ0) is 38.9. The number of benzene rings is 1. The lowest BCUT2D eigenvalue weighted by Crippen LogP contribution is -2.68. The van der Waals surface area contributed by atoms with Gasteiger partial charge in [0.2, 0.25) is 0 Å². The van der Waals surface area contributed by atoms with Crippen LogP contribution in [-0.2, 0) is 19.3 Å². The van der Waals surface area contributed by atoms with Crippen LogP contribution in [-0.4, -0.2) is 88.9 Å². The van der Waals surface area contributed by atoms with Crippen LogP contribution in [0.4, 0.5) is 4.79 Å². The van der Waals surface area contributed by atoms with Crippen molar-refractivity contribution in [2.75, 3.05) is 51.9 Å². The molecule has 0 spiro atoms. The molecule has 6 aliphatic rings. The van der Waals surface area contributed by atoms with Crippen molar-refractivity contribution >= 4 is 27.5 Å². The van der Waals surface area contributed by atoms with E-state index in [1.54, 1.807) is 0 Å². The van der Waals surface area contributed by atoms with E-state index in [4.69, 9.17) is 9.47 Å². The van der Waals surface area contributed by atoms with E-state index in [2.05, 4.69) is 75.3 Å². The molecule has 1 aromatic rings. The predicted molar refractivity (Wildman–Crippen MR) is 214 cm³/mol. The highest BCUT2D eigenvalue weighted by atomic mass is 32.2. The van der Waals surface area contributed by atoms with E-state index >= 15 is 0 Å². The Hall–Kier alpha value is -2.43. The van der Waals surface area contributed by atoms with Gasteiger partial charge in [-0.2, -0.15) is 0 Å². The molecule has 7 rings (SSSR count). The fraction of sp³-hybridized carbons (Fsp3) is 0.773. The van der Waals surface area contributed by atoms with E-state index < -0.39 is 9.84 Å². The van der Waals surface area contributed by atoms with Gasteiger partial charge in [-0.25, -0.2) is 18.0 Å². The van der Waals surface area contributed by atoms with Crippen LogP contribution in [0.2, 0.25) is 0 Å². The summed E-state index contributed by atoms with van der Waals surface area (Å²) in [6.07, 6.45) is 12.7. The quantitative estimate of drug-likeness (QED) is 0.264. The Morgan fingerprint density at radius 1 is 0.870 bits per heavy atom. The summed E-state index contributed by atoms with van der Waals surface area (Å²) in [5, 5.41) is 7.39. The fourth-order valence-electron chi connectivity index (χ4n) is 14.3. The van der Waals surface area contributed by atoms with Crippen LogP contribution in [0.3, 0.4) is 0 Å².